The summed E-state index contributed by atoms with van der Waals surface area (Å²) < 4.78 is 0. The van der Waals surface area contributed by atoms with Gasteiger partial charge in [-0.05, 0) is 25.1 Å². The maximum Gasteiger partial charge on any atom is 0.141 e. The quantitative estimate of drug-likeness (QED) is 0.865. The van der Waals surface area contributed by atoms with Crippen molar-refractivity contribution in [2.75, 3.05) is 5.32 Å². The van der Waals surface area contributed by atoms with Crippen molar-refractivity contribution in [1.29, 1.82) is 5.26 Å². The fourth-order valence-electron chi connectivity index (χ4n) is 1.74. The Morgan fingerprint density at radius 3 is 2.42 bits per heavy atom. The summed E-state index contributed by atoms with van der Waals surface area (Å²) in [5, 5.41) is 13.3. The van der Waals surface area contributed by atoms with E-state index >= 15 is 0 Å². The van der Waals surface area contributed by atoms with Gasteiger partial charge >= 0.3 is 0 Å². The van der Waals surface area contributed by atoms with Gasteiger partial charge in [-0.25, -0.2) is 0 Å². The predicted octanol–water partition coefficient (Wildman–Crippen LogP) is 4.98. The smallest absolute Gasteiger partial charge is 0.141 e. The van der Waals surface area contributed by atoms with Gasteiger partial charge in [-0.15, -0.1) is 0 Å². The van der Waals surface area contributed by atoms with E-state index in [1.165, 1.54) is 5.56 Å². The van der Waals surface area contributed by atoms with Crippen LogP contribution < -0.4 is 5.32 Å². The van der Waals surface area contributed by atoms with Crippen LogP contribution in [0.4, 0.5) is 5.69 Å². The number of aryl methyl sites for hydroxylation is 1. The first-order valence-electron chi connectivity index (χ1n) is 5.78. The molecule has 1 unspecified atom stereocenters. The summed E-state index contributed by atoms with van der Waals surface area (Å²) in [5.74, 6) is 0. The van der Waals surface area contributed by atoms with Crippen LogP contribution in [0.2, 0.25) is 10.0 Å². The Balaban J connectivity index is 2.28. The maximum absolute atomic E-state index is 9.30. The SMILES string of the molecule is Cc1ccc(NC(C#N)c2cccc(Cl)c2Cl)cc1. The minimum Gasteiger partial charge on any atom is -0.366 e. The zero-order valence-corrected chi connectivity index (χ0v) is 11.8. The topological polar surface area (TPSA) is 35.8 Å². The lowest BCUT2D eigenvalue weighted by atomic mass is 10.1. The van der Waals surface area contributed by atoms with Crippen molar-refractivity contribution < 1.29 is 0 Å². The van der Waals surface area contributed by atoms with E-state index in [4.69, 9.17) is 23.2 Å². The van der Waals surface area contributed by atoms with Gasteiger partial charge in [-0.2, -0.15) is 5.26 Å². The van der Waals surface area contributed by atoms with Crippen molar-refractivity contribution in [3.05, 3.63) is 63.6 Å². The summed E-state index contributed by atoms with van der Waals surface area (Å²) in [5.41, 5.74) is 2.71. The Morgan fingerprint density at radius 2 is 1.79 bits per heavy atom. The van der Waals surface area contributed by atoms with Crippen LogP contribution in [0.25, 0.3) is 0 Å². The minimum atomic E-state index is -0.533. The van der Waals surface area contributed by atoms with Gasteiger partial charge < -0.3 is 5.32 Å². The van der Waals surface area contributed by atoms with Crippen molar-refractivity contribution in [2.45, 2.75) is 13.0 Å². The van der Waals surface area contributed by atoms with Gasteiger partial charge in [-0.3, -0.25) is 0 Å². The van der Waals surface area contributed by atoms with Crippen LogP contribution in [0.1, 0.15) is 17.2 Å². The number of benzene rings is 2. The molecular formula is C15H12Cl2N2. The monoisotopic (exact) mass is 290 g/mol. The van der Waals surface area contributed by atoms with Gasteiger partial charge in [0.2, 0.25) is 0 Å². The molecule has 0 amide bonds. The van der Waals surface area contributed by atoms with Crippen LogP contribution in [0.3, 0.4) is 0 Å². The molecule has 4 heteroatoms. The van der Waals surface area contributed by atoms with Crippen molar-refractivity contribution >= 4 is 28.9 Å². The number of nitrogens with zero attached hydrogens (tertiary/aromatic N) is 1. The molecule has 19 heavy (non-hydrogen) atoms. The molecule has 0 aliphatic heterocycles. The first kappa shape index (κ1) is 13.7. The van der Waals surface area contributed by atoms with E-state index in [0.29, 0.717) is 15.6 Å². The lowest BCUT2D eigenvalue weighted by Crippen LogP contribution is -2.09. The normalized spacial score (nSPS) is 11.7. The van der Waals surface area contributed by atoms with E-state index in [1.54, 1.807) is 18.2 Å². The van der Waals surface area contributed by atoms with Gasteiger partial charge in [0, 0.05) is 11.3 Å². The molecule has 2 rings (SSSR count). The minimum absolute atomic E-state index is 0.412. The largest absolute Gasteiger partial charge is 0.366 e. The molecule has 0 heterocycles. The standard InChI is InChI=1S/C15H12Cl2N2/c1-10-5-7-11(8-6-10)19-14(9-18)12-3-2-4-13(16)15(12)17/h2-8,14,19H,1H3. The van der Waals surface area contributed by atoms with Crippen LogP contribution in [-0.2, 0) is 0 Å². The molecule has 0 bridgehead atoms. The predicted molar refractivity (Wildman–Crippen MR) is 79.6 cm³/mol. The molecule has 0 spiro atoms. The maximum atomic E-state index is 9.30. The van der Waals surface area contributed by atoms with Gasteiger partial charge in [0.25, 0.3) is 0 Å². The second kappa shape index (κ2) is 5.97. The van der Waals surface area contributed by atoms with Crippen molar-refractivity contribution in [2.24, 2.45) is 0 Å². The Labute approximate surface area is 122 Å². The Bertz CT molecular complexity index is 615. The number of anilines is 1. The van der Waals surface area contributed by atoms with Crippen LogP contribution in [-0.4, -0.2) is 0 Å². The number of nitrogens with one attached hydrogen (secondary N) is 1. The number of rotatable bonds is 3. The lowest BCUT2D eigenvalue weighted by molar-refractivity contribution is 0.998. The first-order valence-corrected chi connectivity index (χ1v) is 6.54. The molecular weight excluding hydrogens is 279 g/mol. The number of hydrogen-bond donors (Lipinski definition) is 1. The second-order valence-electron chi connectivity index (χ2n) is 4.22. The molecule has 2 aromatic rings. The summed E-state index contributed by atoms with van der Waals surface area (Å²) in [6, 6.07) is 14.8. The zero-order valence-electron chi connectivity index (χ0n) is 10.3. The van der Waals surface area contributed by atoms with E-state index in [9.17, 15) is 5.26 Å². The van der Waals surface area contributed by atoms with Crippen molar-refractivity contribution in [3.8, 4) is 6.07 Å². The second-order valence-corrected chi connectivity index (χ2v) is 5.00. The average molecular weight is 291 g/mol. The highest BCUT2D eigenvalue weighted by Crippen LogP contribution is 2.31. The molecule has 0 aliphatic carbocycles. The lowest BCUT2D eigenvalue weighted by Gasteiger charge is -2.15. The molecule has 2 nitrogen and oxygen atoms in total. The summed E-state index contributed by atoms with van der Waals surface area (Å²) >= 11 is 12.1. The van der Waals surface area contributed by atoms with Gasteiger partial charge in [0.15, 0.2) is 0 Å². The molecule has 2 aromatic carbocycles. The van der Waals surface area contributed by atoms with Gasteiger partial charge in [-0.1, -0.05) is 53.0 Å². The van der Waals surface area contributed by atoms with Crippen molar-refractivity contribution in [1.82, 2.24) is 0 Å². The average Bonchev–Trinajstić information content (AvgIpc) is 2.42. The third-order valence-corrected chi connectivity index (χ3v) is 3.62. The van der Waals surface area contributed by atoms with Crippen LogP contribution in [0, 0.1) is 18.3 Å². The molecule has 1 atom stereocenters. The van der Waals surface area contributed by atoms with E-state index in [2.05, 4.69) is 11.4 Å². The Kier molecular flexibility index (Phi) is 4.31. The van der Waals surface area contributed by atoms with Crippen LogP contribution in [0.5, 0.6) is 0 Å². The molecule has 96 valence electrons. The molecule has 0 fully saturated rings. The fourth-order valence-corrected chi connectivity index (χ4v) is 2.16. The third kappa shape index (κ3) is 3.20. The van der Waals surface area contributed by atoms with Crippen molar-refractivity contribution in [3.63, 3.8) is 0 Å². The molecule has 0 aliphatic rings. The molecule has 1 N–H and O–H groups in total. The highest BCUT2D eigenvalue weighted by molar-refractivity contribution is 6.42. The van der Waals surface area contributed by atoms with E-state index in [-0.39, 0.29) is 0 Å². The van der Waals surface area contributed by atoms with Crippen LogP contribution >= 0.6 is 23.2 Å². The molecule has 0 aromatic heterocycles. The van der Waals surface area contributed by atoms with Crippen LogP contribution in [0.15, 0.2) is 42.5 Å². The summed E-state index contributed by atoms with van der Waals surface area (Å²) in [6.45, 7) is 2.01. The van der Waals surface area contributed by atoms with Gasteiger partial charge in [0.05, 0.1) is 16.1 Å². The number of halogens is 2. The summed E-state index contributed by atoms with van der Waals surface area (Å²) in [4.78, 5) is 0. The molecule has 0 saturated carbocycles. The van der Waals surface area contributed by atoms with E-state index in [0.717, 1.165) is 5.69 Å². The number of hydrogen-bond acceptors (Lipinski definition) is 2. The number of nitriles is 1. The van der Waals surface area contributed by atoms with E-state index in [1.807, 2.05) is 31.2 Å². The Hall–Kier alpha value is -1.69. The van der Waals surface area contributed by atoms with Gasteiger partial charge in [0.1, 0.15) is 6.04 Å². The third-order valence-electron chi connectivity index (χ3n) is 2.78. The zero-order chi connectivity index (χ0) is 13.8. The highest BCUT2D eigenvalue weighted by atomic mass is 35.5. The first-order chi connectivity index (χ1) is 9.11. The Morgan fingerprint density at radius 1 is 1.11 bits per heavy atom. The molecule has 0 radical (unpaired) electrons. The molecule has 0 saturated heterocycles. The highest BCUT2D eigenvalue weighted by Gasteiger charge is 2.15. The fraction of sp³-hybridized carbons (Fsp3) is 0.133. The summed E-state index contributed by atoms with van der Waals surface area (Å²) in [6.07, 6.45) is 0. The van der Waals surface area contributed by atoms with E-state index < -0.39 is 6.04 Å². The summed E-state index contributed by atoms with van der Waals surface area (Å²) in [7, 11) is 0.